The summed E-state index contributed by atoms with van der Waals surface area (Å²) in [5.41, 5.74) is -0.705. The summed E-state index contributed by atoms with van der Waals surface area (Å²) in [7, 11) is 0. The molecule has 0 aromatic heterocycles. The fourth-order valence-electron chi connectivity index (χ4n) is 1.67. The molecule has 0 saturated carbocycles. The number of hydrogen-bond acceptors (Lipinski definition) is 2. The molecule has 1 atom stereocenters. The van der Waals surface area contributed by atoms with Crippen molar-refractivity contribution in [2.24, 2.45) is 0 Å². The number of aliphatic hydroxyl groups is 1. The van der Waals surface area contributed by atoms with E-state index in [-0.39, 0.29) is 6.42 Å². The van der Waals surface area contributed by atoms with Crippen molar-refractivity contribution in [2.45, 2.75) is 32.3 Å². The number of benzene rings is 1. The minimum atomic E-state index is -1.03. The fourth-order valence-corrected chi connectivity index (χ4v) is 1.67. The molecule has 17 heavy (non-hydrogen) atoms. The molecule has 1 aromatic rings. The second-order valence-electron chi connectivity index (χ2n) is 4.59. The van der Waals surface area contributed by atoms with Crippen LogP contribution in [0.3, 0.4) is 0 Å². The van der Waals surface area contributed by atoms with Crippen LogP contribution in [0.5, 0.6) is 0 Å². The van der Waals surface area contributed by atoms with E-state index in [2.05, 4.69) is 5.32 Å². The van der Waals surface area contributed by atoms with Gasteiger partial charge in [0.05, 0.1) is 5.60 Å². The van der Waals surface area contributed by atoms with Crippen molar-refractivity contribution in [2.75, 3.05) is 13.1 Å². The first-order valence-electron chi connectivity index (χ1n) is 5.81. The van der Waals surface area contributed by atoms with Gasteiger partial charge in [0.2, 0.25) is 0 Å². The second kappa shape index (κ2) is 6.07. The third-order valence-electron chi connectivity index (χ3n) is 2.52. The van der Waals surface area contributed by atoms with Crippen molar-refractivity contribution in [1.29, 1.82) is 0 Å². The third-order valence-corrected chi connectivity index (χ3v) is 2.52. The summed E-state index contributed by atoms with van der Waals surface area (Å²) in [6, 6.07) is 3.41. The van der Waals surface area contributed by atoms with E-state index in [0.717, 1.165) is 19.0 Å². The third kappa shape index (κ3) is 4.79. The normalized spacial score (nSPS) is 14.6. The Bertz CT molecular complexity index is 366. The summed E-state index contributed by atoms with van der Waals surface area (Å²) in [6.07, 6.45) is 1.14. The monoisotopic (exact) mass is 243 g/mol. The van der Waals surface area contributed by atoms with E-state index >= 15 is 0 Å². The lowest BCUT2D eigenvalue weighted by Gasteiger charge is -2.24. The van der Waals surface area contributed by atoms with Crippen molar-refractivity contribution in [1.82, 2.24) is 5.32 Å². The number of rotatable bonds is 6. The molecule has 0 saturated heterocycles. The highest BCUT2D eigenvalue weighted by Crippen LogP contribution is 2.16. The van der Waals surface area contributed by atoms with Crippen LogP contribution in [0.2, 0.25) is 0 Å². The molecule has 0 aliphatic carbocycles. The SMILES string of the molecule is CCCNCC(C)(O)Cc1ccc(F)cc1F. The lowest BCUT2D eigenvalue weighted by molar-refractivity contribution is 0.0594. The molecule has 2 N–H and O–H groups in total. The first-order chi connectivity index (χ1) is 7.94. The van der Waals surface area contributed by atoms with Crippen molar-refractivity contribution in [3.05, 3.63) is 35.4 Å². The minimum absolute atomic E-state index is 0.163. The van der Waals surface area contributed by atoms with E-state index in [1.807, 2.05) is 6.92 Å². The Labute approximate surface area is 101 Å². The van der Waals surface area contributed by atoms with Crippen LogP contribution in [0, 0.1) is 11.6 Å². The van der Waals surface area contributed by atoms with E-state index < -0.39 is 17.2 Å². The van der Waals surface area contributed by atoms with Gasteiger partial charge < -0.3 is 10.4 Å². The van der Waals surface area contributed by atoms with E-state index in [0.29, 0.717) is 12.1 Å². The van der Waals surface area contributed by atoms with Gasteiger partial charge in [-0.2, -0.15) is 0 Å². The van der Waals surface area contributed by atoms with Gasteiger partial charge in [0, 0.05) is 19.0 Å². The largest absolute Gasteiger partial charge is 0.389 e. The van der Waals surface area contributed by atoms with Crippen LogP contribution in [0.15, 0.2) is 18.2 Å². The van der Waals surface area contributed by atoms with E-state index in [9.17, 15) is 13.9 Å². The zero-order valence-corrected chi connectivity index (χ0v) is 10.3. The molecule has 1 rings (SSSR count). The van der Waals surface area contributed by atoms with Gasteiger partial charge in [-0.3, -0.25) is 0 Å². The van der Waals surface area contributed by atoms with Crippen LogP contribution >= 0.6 is 0 Å². The zero-order chi connectivity index (χ0) is 12.9. The van der Waals surface area contributed by atoms with E-state index in [4.69, 9.17) is 0 Å². The molecule has 1 aromatic carbocycles. The molecule has 0 aliphatic heterocycles. The smallest absolute Gasteiger partial charge is 0.129 e. The fraction of sp³-hybridized carbons (Fsp3) is 0.538. The van der Waals surface area contributed by atoms with Gasteiger partial charge in [0.1, 0.15) is 11.6 Å². The maximum atomic E-state index is 13.4. The van der Waals surface area contributed by atoms with Crippen molar-refractivity contribution in [3.63, 3.8) is 0 Å². The molecular formula is C13H19F2NO. The maximum Gasteiger partial charge on any atom is 0.129 e. The van der Waals surface area contributed by atoms with Crippen LogP contribution in [0.1, 0.15) is 25.8 Å². The molecular weight excluding hydrogens is 224 g/mol. The molecule has 0 radical (unpaired) electrons. The van der Waals surface area contributed by atoms with Gasteiger partial charge in [-0.25, -0.2) is 8.78 Å². The molecule has 0 aliphatic rings. The van der Waals surface area contributed by atoms with Gasteiger partial charge in [0.25, 0.3) is 0 Å². The molecule has 4 heteroatoms. The summed E-state index contributed by atoms with van der Waals surface area (Å²) in [6.45, 7) is 4.86. The standard InChI is InChI=1S/C13H19F2NO/c1-3-6-16-9-13(2,17)8-10-4-5-11(14)7-12(10)15/h4-5,7,16-17H,3,6,8-9H2,1-2H3. The van der Waals surface area contributed by atoms with Gasteiger partial charge >= 0.3 is 0 Å². The van der Waals surface area contributed by atoms with E-state index in [1.54, 1.807) is 6.92 Å². The number of nitrogens with one attached hydrogen (secondary N) is 1. The Kier molecular flexibility index (Phi) is 5.02. The first-order valence-corrected chi connectivity index (χ1v) is 5.81. The van der Waals surface area contributed by atoms with Crippen LogP contribution in [-0.4, -0.2) is 23.8 Å². The maximum absolute atomic E-state index is 13.4. The molecule has 2 nitrogen and oxygen atoms in total. The molecule has 1 unspecified atom stereocenters. The van der Waals surface area contributed by atoms with Crippen LogP contribution in [0.4, 0.5) is 8.78 Å². The summed E-state index contributed by atoms with van der Waals surface area (Å²) >= 11 is 0. The Morgan fingerprint density at radius 2 is 2.06 bits per heavy atom. The highest BCUT2D eigenvalue weighted by atomic mass is 19.1. The number of hydrogen-bond donors (Lipinski definition) is 2. The van der Waals surface area contributed by atoms with Crippen molar-refractivity contribution < 1.29 is 13.9 Å². The molecule has 0 spiro atoms. The predicted octanol–water partition coefficient (Wildman–Crippen LogP) is 2.26. The zero-order valence-electron chi connectivity index (χ0n) is 10.3. The summed E-state index contributed by atoms with van der Waals surface area (Å²) < 4.78 is 26.1. The Balaban J connectivity index is 2.62. The van der Waals surface area contributed by atoms with Crippen LogP contribution in [-0.2, 0) is 6.42 Å². The summed E-state index contributed by atoms with van der Waals surface area (Å²) in [5.74, 6) is -1.21. The molecule has 96 valence electrons. The molecule has 0 amide bonds. The van der Waals surface area contributed by atoms with Gasteiger partial charge in [-0.05, 0) is 31.5 Å². The van der Waals surface area contributed by atoms with Gasteiger partial charge in [0.15, 0.2) is 0 Å². The summed E-state index contributed by atoms with van der Waals surface area (Å²) in [4.78, 5) is 0. The average Bonchev–Trinajstić information content (AvgIpc) is 2.22. The predicted molar refractivity (Wildman–Crippen MR) is 63.8 cm³/mol. The lowest BCUT2D eigenvalue weighted by Crippen LogP contribution is -2.40. The van der Waals surface area contributed by atoms with Crippen molar-refractivity contribution in [3.8, 4) is 0 Å². The van der Waals surface area contributed by atoms with Crippen LogP contribution < -0.4 is 5.32 Å². The Morgan fingerprint density at radius 1 is 1.35 bits per heavy atom. The topological polar surface area (TPSA) is 32.3 Å². The summed E-state index contributed by atoms with van der Waals surface area (Å²) in [5, 5.41) is 13.1. The highest BCUT2D eigenvalue weighted by molar-refractivity contribution is 5.20. The minimum Gasteiger partial charge on any atom is -0.389 e. The lowest BCUT2D eigenvalue weighted by atomic mass is 9.96. The van der Waals surface area contributed by atoms with Crippen LogP contribution in [0.25, 0.3) is 0 Å². The first kappa shape index (κ1) is 14.1. The number of halogens is 2. The van der Waals surface area contributed by atoms with Crippen molar-refractivity contribution >= 4 is 0 Å². The Hall–Kier alpha value is -1.00. The molecule has 0 bridgehead atoms. The highest BCUT2D eigenvalue weighted by Gasteiger charge is 2.22. The molecule has 0 fully saturated rings. The van der Waals surface area contributed by atoms with E-state index in [1.165, 1.54) is 12.1 Å². The average molecular weight is 243 g/mol. The second-order valence-corrected chi connectivity index (χ2v) is 4.59. The van der Waals surface area contributed by atoms with Gasteiger partial charge in [-0.1, -0.05) is 13.0 Å². The molecule has 0 heterocycles. The van der Waals surface area contributed by atoms with Gasteiger partial charge in [-0.15, -0.1) is 0 Å². The quantitative estimate of drug-likeness (QED) is 0.751. The Morgan fingerprint density at radius 3 is 2.65 bits per heavy atom.